The van der Waals surface area contributed by atoms with Gasteiger partial charge in [0.25, 0.3) is 0 Å². The lowest BCUT2D eigenvalue weighted by Gasteiger charge is -2.27. The van der Waals surface area contributed by atoms with Crippen molar-refractivity contribution < 1.29 is 9.53 Å². The molecule has 1 unspecified atom stereocenters. The molecule has 0 aliphatic carbocycles. The van der Waals surface area contributed by atoms with Gasteiger partial charge in [-0.15, -0.1) is 0 Å². The second-order valence-electron chi connectivity index (χ2n) is 3.87. The van der Waals surface area contributed by atoms with E-state index in [1.165, 1.54) is 0 Å². The Kier molecular flexibility index (Phi) is 5.86. The van der Waals surface area contributed by atoms with Crippen molar-refractivity contribution in [2.45, 2.75) is 6.92 Å². The summed E-state index contributed by atoms with van der Waals surface area (Å²) in [6.45, 7) is 5.89. The lowest BCUT2D eigenvalue weighted by Crippen LogP contribution is -2.46. The summed E-state index contributed by atoms with van der Waals surface area (Å²) in [4.78, 5) is 13.3. The Balaban J connectivity index is 2.16. The van der Waals surface area contributed by atoms with E-state index in [-0.39, 0.29) is 6.09 Å². The standard InChI is InChI=1S/C10H20N2O2S/c1-9(8-15-2)7-14-10(13)12-5-3-11-4-6-12/h9,11H,3-8H2,1-2H3. The maximum Gasteiger partial charge on any atom is 0.409 e. The third kappa shape index (κ3) is 4.75. The number of amides is 1. The van der Waals surface area contributed by atoms with Gasteiger partial charge in [0.05, 0.1) is 6.61 Å². The molecule has 0 aromatic carbocycles. The van der Waals surface area contributed by atoms with E-state index in [9.17, 15) is 4.79 Å². The molecule has 0 spiro atoms. The number of hydrogen-bond acceptors (Lipinski definition) is 4. The van der Waals surface area contributed by atoms with Crippen LogP contribution in [0, 0.1) is 5.92 Å². The molecule has 4 nitrogen and oxygen atoms in total. The fourth-order valence-electron chi connectivity index (χ4n) is 1.48. The van der Waals surface area contributed by atoms with Gasteiger partial charge in [-0.1, -0.05) is 6.92 Å². The zero-order valence-electron chi connectivity index (χ0n) is 9.49. The molecule has 1 amide bonds. The fourth-order valence-corrected chi connectivity index (χ4v) is 2.15. The SMILES string of the molecule is CSCC(C)COC(=O)N1CCNCC1. The molecule has 1 aliphatic heterocycles. The molecular formula is C10H20N2O2S. The highest BCUT2D eigenvalue weighted by molar-refractivity contribution is 7.98. The molecule has 0 bridgehead atoms. The van der Waals surface area contributed by atoms with Gasteiger partial charge in [0.15, 0.2) is 0 Å². The van der Waals surface area contributed by atoms with Crippen LogP contribution in [0.4, 0.5) is 4.79 Å². The van der Waals surface area contributed by atoms with Crippen LogP contribution in [0.25, 0.3) is 0 Å². The first kappa shape index (κ1) is 12.6. The number of ether oxygens (including phenoxy) is 1. The number of hydrogen-bond donors (Lipinski definition) is 1. The van der Waals surface area contributed by atoms with Gasteiger partial charge in [0.1, 0.15) is 0 Å². The van der Waals surface area contributed by atoms with Crippen LogP contribution < -0.4 is 5.32 Å². The number of nitrogens with zero attached hydrogens (tertiary/aromatic N) is 1. The van der Waals surface area contributed by atoms with Crippen molar-refractivity contribution >= 4 is 17.9 Å². The highest BCUT2D eigenvalue weighted by Crippen LogP contribution is 2.06. The topological polar surface area (TPSA) is 41.6 Å². The number of piperazine rings is 1. The van der Waals surface area contributed by atoms with Gasteiger partial charge < -0.3 is 15.0 Å². The van der Waals surface area contributed by atoms with Gasteiger partial charge in [-0.2, -0.15) is 11.8 Å². The van der Waals surface area contributed by atoms with Crippen molar-refractivity contribution in [3.05, 3.63) is 0 Å². The average Bonchev–Trinajstić information content (AvgIpc) is 2.27. The van der Waals surface area contributed by atoms with E-state index < -0.39 is 0 Å². The largest absolute Gasteiger partial charge is 0.449 e. The third-order valence-electron chi connectivity index (χ3n) is 2.32. The summed E-state index contributed by atoms with van der Waals surface area (Å²) in [5.74, 6) is 1.47. The number of nitrogens with one attached hydrogen (secondary N) is 1. The van der Waals surface area contributed by atoms with E-state index >= 15 is 0 Å². The Bertz CT molecular complexity index is 196. The van der Waals surface area contributed by atoms with Gasteiger partial charge in [-0.25, -0.2) is 4.79 Å². The monoisotopic (exact) mass is 232 g/mol. The minimum Gasteiger partial charge on any atom is -0.449 e. The fraction of sp³-hybridized carbons (Fsp3) is 0.900. The van der Waals surface area contributed by atoms with Crippen LogP contribution in [0.5, 0.6) is 0 Å². The molecule has 1 rings (SSSR count). The summed E-state index contributed by atoms with van der Waals surface area (Å²) in [7, 11) is 0. The smallest absolute Gasteiger partial charge is 0.409 e. The normalized spacial score (nSPS) is 18.7. The number of thioether (sulfide) groups is 1. The molecular weight excluding hydrogens is 212 g/mol. The second kappa shape index (κ2) is 6.95. The van der Waals surface area contributed by atoms with Gasteiger partial charge in [-0.05, 0) is 17.9 Å². The molecule has 0 aromatic heterocycles. The highest BCUT2D eigenvalue weighted by Gasteiger charge is 2.17. The van der Waals surface area contributed by atoms with Crippen LogP contribution in [0.3, 0.4) is 0 Å². The summed E-state index contributed by atoms with van der Waals surface area (Å²) in [6.07, 6.45) is 1.90. The predicted molar refractivity (Wildman–Crippen MR) is 63.3 cm³/mol. The molecule has 5 heteroatoms. The van der Waals surface area contributed by atoms with Crippen molar-refractivity contribution in [3.63, 3.8) is 0 Å². The van der Waals surface area contributed by atoms with Gasteiger partial charge in [-0.3, -0.25) is 0 Å². The van der Waals surface area contributed by atoms with Crippen molar-refractivity contribution in [2.75, 3.05) is 44.8 Å². The van der Waals surface area contributed by atoms with Crippen LogP contribution in [-0.4, -0.2) is 55.8 Å². The molecule has 15 heavy (non-hydrogen) atoms. The lowest BCUT2D eigenvalue weighted by atomic mass is 10.2. The quantitative estimate of drug-likeness (QED) is 0.786. The Morgan fingerprint density at radius 1 is 1.53 bits per heavy atom. The molecule has 88 valence electrons. The van der Waals surface area contributed by atoms with Crippen LogP contribution in [-0.2, 0) is 4.74 Å². The van der Waals surface area contributed by atoms with Crippen LogP contribution >= 0.6 is 11.8 Å². The number of carbonyl (C=O) groups is 1. The maximum atomic E-state index is 11.6. The van der Waals surface area contributed by atoms with E-state index in [0.717, 1.165) is 31.9 Å². The molecule has 1 N–H and O–H groups in total. The van der Waals surface area contributed by atoms with E-state index in [2.05, 4.69) is 18.5 Å². The maximum absolute atomic E-state index is 11.6. The predicted octanol–water partition coefficient (Wildman–Crippen LogP) is 1.03. The van der Waals surface area contributed by atoms with E-state index in [0.29, 0.717) is 12.5 Å². The van der Waals surface area contributed by atoms with Gasteiger partial charge in [0.2, 0.25) is 0 Å². The van der Waals surface area contributed by atoms with Gasteiger partial charge in [0, 0.05) is 26.2 Å². The van der Waals surface area contributed by atoms with Crippen molar-refractivity contribution in [1.82, 2.24) is 10.2 Å². The summed E-state index contributed by atoms with van der Waals surface area (Å²) in [6, 6.07) is 0. The van der Waals surface area contributed by atoms with E-state index in [1.54, 1.807) is 16.7 Å². The minimum absolute atomic E-state index is 0.163. The first-order valence-corrected chi connectivity index (χ1v) is 6.74. The van der Waals surface area contributed by atoms with E-state index in [1.807, 2.05) is 0 Å². The molecule has 1 heterocycles. The van der Waals surface area contributed by atoms with Gasteiger partial charge >= 0.3 is 6.09 Å². The molecule has 1 atom stereocenters. The molecule has 1 saturated heterocycles. The van der Waals surface area contributed by atoms with Crippen LogP contribution in [0.15, 0.2) is 0 Å². The summed E-state index contributed by atoms with van der Waals surface area (Å²) < 4.78 is 5.24. The first-order chi connectivity index (χ1) is 7.24. The third-order valence-corrected chi connectivity index (χ3v) is 3.22. The molecule has 0 saturated carbocycles. The molecule has 1 aliphatic rings. The van der Waals surface area contributed by atoms with E-state index in [4.69, 9.17) is 4.74 Å². The van der Waals surface area contributed by atoms with Crippen LogP contribution in [0.1, 0.15) is 6.92 Å². The average molecular weight is 232 g/mol. The van der Waals surface area contributed by atoms with Crippen molar-refractivity contribution in [1.29, 1.82) is 0 Å². The minimum atomic E-state index is -0.163. The van der Waals surface area contributed by atoms with Crippen molar-refractivity contribution in [2.24, 2.45) is 5.92 Å². The molecule has 1 fully saturated rings. The zero-order chi connectivity index (χ0) is 11.1. The number of rotatable bonds is 4. The lowest BCUT2D eigenvalue weighted by molar-refractivity contribution is 0.0885. The summed E-state index contributed by atoms with van der Waals surface area (Å²) in [5, 5.41) is 3.20. The summed E-state index contributed by atoms with van der Waals surface area (Å²) in [5.41, 5.74) is 0. The first-order valence-electron chi connectivity index (χ1n) is 5.35. The Labute approximate surface area is 95.7 Å². The Hall–Kier alpha value is -0.420. The Morgan fingerprint density at radius 2 is 2.20 bits per heavy atom. The molecule has 0 aromatic rings. The summed E-state index contributed by atoms with van der Waals surface area (Å²) >= 11 is 1.78. The van der Waals surface area contributed by atoms with Crippen LogP contribution in [0.2, 0.25) is 0 Å². The Morgan fingerprint density at radius 3 is 2.80 bits per heavy atom. The molecule has 0 radical (unpaired) electrons. The van der Waals surface area contributed by atoms with Crippen molar-refractivity contribution in [3.8, 4) is 0 Å². The number of carbonyl (C=O) groups excluding carboxylic acids is 1. The highest BCUT2D eigenvalue weighted by atomic mass is 32.2. The second-order valence-corrected chi connectivity index (χ2v) is 4.79. The zero-order valence-corrected chi connectivity index (χ0v) is 10.3.